The van der Waals surface area contributed by atoms with E-state index in [1.807, 2.05) is 32.6 Å². The van der Waals surface area contributed by atoms with Crippen LogP contribution < -0.4 is 5.32 Å². The predicted molar refractivity (Wildman–Crippen MR) is 85.8 cm³/mol. The molecular formula is C16H32N2O4. The van der Waals surface area contributed by atoms with Crippen LogP contribution in [0.1, 0.15) is 47.5 Å². The van der Waals surface area contributed by atoms with Crippen LogP contribution in [0.5, 0.6) is 0 Å². The van der Waals surface area contributed by atoms with Crippen molar-refractivity contribution >= 4 is 6.09 Å². The van der Waals surface area contributed by atoms with Gasteiger partial charge in [-0.25, -0.2) is 4.79 Å². The fourth-order valence-corrected chi connectivity index (χ4v) is 2.87. The van der Waals surface area contributed by atoms with Crippen LogP contribution in [0, 0.1) is 0 Å². The van der Waals surface area contributed by atoms with Gasteiger partial charge in [0.2, 0.25) is 0 Å². The van der Waals surface area contributed by atoms with Gasteiger partial charge >= 0.3 is 6.09 Å². The molecule has 0 bridgehead atoms. The van der Waals surface area contributed by atoms with Crippen LogP contribution in [0.15, 0.2) is 0 Å². The Hall–Kier alpha value is -0.850. The molecule has 6 heteroatoms. The molecule has 0 aromatic carbocycles. The molecule has 1 amide bonds. The van der Waals surface area contributed by atoms with Gasteiger partial charge in [0.25, 0.3) is 0 Å². The largest absolute Gasteiger partial charge is 0.444 e. The number of hydrogen-bond acceptors (Lipinski definition) is 5. The van der Waals surface area contributed by atoms with Gasteiger partial charge in [0.05, 0.1) is 6.04 Å². The Labute approximate surface area is 134 Å². The van der Waals surface area contributed by atoms with E-state index in [2.05, 4.69) is 12.2 Å². The number of nitrogens with zero attached hydrogens (tertiary/aromatic N) is 1. The number of rotatable bonds is 5. The van der Waals surface area contributed by atoms with E-state index in [1.54, 1.807) is 14.2 Å². The van der Waals surface area contributed by atoms with Crippen molar-refractivity contribution in [3.63, 3.8) is 0 Å². The minimum atomic E-state index is -0.454. The highest BCUT2D eigenvalue weighted by Gasteiger charge is 2.32. The summed E-state index contributed by atoms with van der Waals surface area (Å²) in [6.45, 7) is 10.5. The van der Waals surface area contributed by atoms with E-state index in [0.29, 0.717) is 12.6 Å². The van der Waals surface area contributed by atoms with Gasteiger partial charge in [0, 0.05) is 32.8 Å². The number of nitrogens with one attached hydrogen (secondary N) is 1. The third-order valence-electron chi connectivity index (χ3n) is 3.88. The summed E-state index contributed by atoms with van der Waals surface area (Å²) in [4.78, 5) is 14.0. The van der Waals surface area contributed by atoms with Crippen molar-refractivity contribution in [1.82, 2.24) is 10.2 Å². The zero-order chi connectivity index (χ0) is 16.9. The fraction of sp³-hybridized carbons (Fsp3) is 0.938. The number of likely N-dealkylation sites (tertiary alicyclic amines) is 1. The highest BCUT2D eigenvalue weighted by Crippen LogP contribution is 2.21. The smallest absolute Gasteiger partial charge is 0.410 e. The summed E-state index contributed by atoms with van der Waals surface area (Å²) in [6, 6.07) is 0.591. The quantitative estimate of drug-likeness (QED) is 0.789. The first-order valence-corrected chi connectivity index (χ1v) is 7.99. The average molecular weight is 316 g/mol. The van der Waals surface area contributed by atoms with E-state index in [0.717, 1.165) is 12.8 Å². The van der Waals surface area contributed by atoms with E-state index >= 15 is 0 Å². The first-order valence-electron chi connectivity index (χ1n) is 7.99. The van der Waals surface area contributed by atoms with Gasteiger partial charge in [0.15, 0.2) is 6.29 Å². The lowest BCUT2D eigenvalue weighted by Crippen LogP contribution is -2.54. The Morgan fingerprint density at radius 2 is 1.86 bits per heavy atom. The van der Waals surface area contributed by atoms with Crippen molar-refractivity contribution in [2.45, 2.75) is 77.5 Å². The first-order chi connectivity index (χ1) is 10.2. The molecule has 1 fully saturated rings. The summed E-state index contributed by atoms with van der Waals surface area (Å²) in [5.41, 5.74) is -0.454. The summed E-state index contributed by atoms with van der Waals surface area (Å²) in [5, 5.41) is 3.53. The third-order valence-corrected chi connectivity index (χ3v) is 3.88. The molecule has 0 aliphatic carbocycles. The third kappa shape index (κ3) is 5.74. The van der Waals surface area contributed by atoms with Gasteiger partial charge in [-0.3, -0.25) is 0 Å². The first kappa shape index (κ1) is 19.2. The van der Waals surface area contributed by atoms with E-state index in [9.17, 15) is 4.79 Å². The molecule has 130 valence electrons. The number of carbonyl (C=O) groups is 1. The van der Waals surface area contributed by atoms with Gasteiger partial charge in [-0.15, -0.1) is 0 Å². The number of ether oxygens (including phenoxy) is 3. The molecule has 0 aromatic heterocycles. The number of carbonyl (C=O) groups excluding carboxylic acids is 1. The van der Waals surface area contributed by atoms with Crippen molar-refractivity contribution in [3.05, 3.63) is 0 Å². The fourth-order valence-electron chi connectivity index (χ4n) is 2.87. The van der Waals surface area contributed by atoms with Gasteiger partial charge in [-0.1, -0.05) is 0 Å². The molecule has 0 aromatic rings. The summed E-state index contributed by atoms with van der Waals surface area (Å²) < 4.78 is 16.0. The van der Waals surface area contributed by atoms with Crippen LogP contribution >= 0.6 is 0 Å². The Kier molecular flexibility index (Phi) is 7.09. The van der Waals surface area contributed by atoms with Crippen molar-refractivity contribution in [2.75, 3.05) is 20.8 Å². The van der Waals surface area contributed by atoms with E-state index in [-0.39, 0.29) is 24.5 Å². The number of methoxy groups -OCH3 is 2. The zero-order valence-electron chi connectivity index (χ0n) is 15.0. The lowest BCUT2D eigenvalue weighted by molar-refractivity contribution is -0.122. The lowest BCUT2D eigenvalue weighted by atomic mass is 9.98. The minimum Gasteiger partial charge on any atom is -0.444 e. The molecule has 1 heterocycles. The van der Waals surface area contributed by atoms with Gasteiger partial charge in [-0.2, -0.15) is 0 Å². The molecule has 1 saturated heterocycles. The average Bonchev–Trinajstić information content (AvgIpc) is 2.37. The second kappa shape index (κ2) is 8.13. The maximum atomic E-state index is 12.2. The number of amides is 1. The maximum absolute atomic E-state index is 12.2. The Bertz CT molecular complexity index is 353. The van der Waals surface area contributed by atoms with Crippen LogP contribution in [0.3, 0.4) is 0 Å². The van der Waals surface area contributed by atoms with Gasteiger partial charge in [0.1, 0.15) is 5.60 Å². The molecule has 1 N–H and O–H groups in total. The standard InChI is InChI=1S/C16H32N2O4/c1-11-10-13(17-12(2)14(20-6)21-7)8-9-18(11)15(19)22-16(3,4)5/h11-14,17H,8-10H2,1-7H3. The van der Waals surface area contributed by atoms with Crippen LogP contribution in [0.25, 0.3) is 0 Å². The Morgan fingerprint density at radius 1 is 1.27 bits per heavy atom. The van der Waals surface area contributed by atoms with E-state index in [1.165, 1.54) is 0 Å². The van der Waals surface area contributed by atoms with Gasteiger partial charge < -0.3 is 24.4 Å². The summed E-state index contributed by atoms with van der Waals surface area (Å²) in [5.74, 6) is 0. The van der Waals surface area contributed by atoms with Crippen LogP contribution in [-0.2, 0) is 14.2 Å². The molecule has 1 aliphatic rings. The highest BCUT2D eigenvalue weighted by molar-refractivity contribution is 5.68. The van der Waals surface area contributed by atoms with E-state index < -0.39 is 5.60 Å². The number of piperidine rings is 1. The highest BCUT2D eigenvalue weighted by atomic mass is 16.7. The van der Waals surface area contributed by atoms with Gasteiger partial charge in [-0.05, 0) is 47.5 Å². The zero-order valence-corrected chi connectivity index (χ0v) is 15.0. The normalized spacial score (nSPS) is 24.5. The molecule has 6 nitrogen and oxygen atoms in total. The summed E-state index contributed by atoms with van der Waals surface area (Å²) in [6.07, 6.45) is 1.30. The summed E-state index contributed by atoms with van der Waals surface area (Å²) in [7, 11) is 3.28. The minimum absolute atomic E-state index is 0.0975. The maximum Gasteiger partial charge on any atom is 0.410 e. The topological polar surface area (TPSA) is 60.0 Å². The second-order valence-corrected chi connectivity index (χ2v) is 7.04. The molecule has 1 rings (SSSR count). The Morgan fingerprint density at radius 3 is 2.32 bits per heavy atom. The van der Waals surface area contributed by atoms with Crippen molar-refractivity contribution < 1.29 is 19.0 Å². The second-order valence-electron chi connectivity index (χ2n) is 7.04. The molecule has 3 atom stereocenters. The number of hydrogen-bond donors (Lipinski definition) is 1. The molecule has 1 aliphatic heterocycles. The SMILES string of the molecule is COC(OC)C(C)NC1CCN(C(=O)OC(C)(C)C)C(C)C1. The van der Waals surface area contributed by atoms with Crippen molar-refractivity contribution in [2.24, 2.45) is 0 Å². The monoisotopic (exact) mass is 316 g/mol. The molecule has 0 saturated carbocycles. The van der Waals surface area contributed by atoms with Crippen molar-refractivity contribution in [3.8, 4) is 0 Å². The molecule has 0 radical (unpaired) electrons. The molecule has 0 spiro atoms. The Balaban J connectivity index is 2.50. The molecular weight excluding hydrogens is 284 g/mol. The van der Waals surface area contributed by atoms with Crippen molar-refractivity contribution in [1.29, 1.82) is 0 Å². The molecule has 3 unspecified atom stereocenters. The molecule has 22 heavy (non-hydrogen) atoms. The van der Waals surface area contributed by atoms with Crippen LogP contribution in [0.4, 0.5) is 4.79 Å². The van der Waals surface area contributed by atoms with E-state index in [4.69, 9.17) is 14.2 Å². The lowest BCUT2D eigenvalue weighted by Gasteiger charge is -2.40. The predicted octanol–water partition coefficient (Wildman–Crippen LogP) is 2.37. The van der Waals surface area contributed by atoms with Crippen LogP contribution in [-0.4, -0.2) is 61.8 Å². The van der Waals surface area contributed by atoms with Crippen LogP contribution in [0.2, 0.25) is 0 Å². The summed E-state index contributed by atoms with van der Waals surface area (Å²) >= 11 is 0.